The Kier molecular flexibility index (Phi) is 4.71. The molecule has 1 atom stereocenters. The Morgan fingerprint density at radius 3 is 2.60 bits per heavy atom. The molecule has 0 radical (unpaired) electrons. The molecule has 0 aromatic heterocycles. The maximum absolute atomic E-state index is 12.9. The summed E-state index contributed by atoms with van der Waals surface area (Å²) in [7, 11) is 0. The van der Waals surface area contributed by atoms with Gasteiger partial charge in [-0.2, -0.15) is 0 Å². The van der Waals surface area contributed by atoms with Crippen molar-refractivity contribution in [2.45, 2.75) is 12.5 Å². The van der Waals surface area contributed by atoms with E-state index in [-0.39, 0.29) is 12.5 Å². The Hall–Kier alpha value is -3.26. The van der Waals surface area contributed by atoms with Crippen molar-refractivity contribution in [2.24, 2.45) is 5.73 Å². The van der Waals surface area contributed by atoms with Crippen molar-refractivity contribution in [1.29, 1.82) is 0 Å². The third kappa shape index (κ3) is 3.33. The van der Waals surface area contributed by atoms with Crippen molar-refractivity contribution in [3.05, 3.63) is 65.2 Å². The predicted octanol–water partition coefficient (Wildman–Crippen LogP) is 1.92. The van der Waals surface area contributed by atoms with Gasteiger partial charge in [0.1, 0.15) is 18.4 Å². The summed E-state index contributed by atoms with van der Waals surface area (Å²) in [6, 6.07) is 13.5. The topological polar surface area (TPSA) is 72.6 Å². The van der Waals surface area contributed by atoms with Crippen molar-refractivity contribution in [3.8, 4) is 18.1 Å². The number of ether oxygens (including phenoxy) is 1. The lowest BCUT2D eigenvalue weighted by atomic mass is 9.91. The molecule has 0 saturated heterocycles. The second kappa shape index (κ2) is 7.10. The Labute approximate surface area is 146 Å². The van der Waals surface area contributed by atoms with Gasteiger partial charge >= 0.3 is 0 Å². The first-order valence-corrected chi connectivity index (χ1v) is 7.96. The number of hydrogen-bond donors (Lipinski definition) is 1. The van der Waals surface area contributed by atoms with Crippen LogP contribution < -0.4 is 10.5 Å². The lowest BCUT2D eigenvalue weighted by Gasteiger charge is -2.35. The highest BCUT2D eigenvalue weighted by Gasteiger charge is 2.34. The van der Waals surface area contributed by atoms with E-state index >= 15 is 0 Å². The molecule has 1 aliphatic heterocycles. The molecule has 0 bridgehead atoms. The smallest absolute Gasteiger partial charge is 0.254 e. The van der Waals surface area contributed by atoms with Gasteiger partial charge in [-0.05, 0) is 41.8 Å². The van der Waals surface area contributed by atoms with Crippen molar-refractivity contribution >= 4 is 11.8 Å². The zero-order chi connectivity index (χ0) is 17.8. The van der Waals surface area contributed by atoms with E-state index in [2.05, 4.69) is 5.92 Å². The monoisotopic (exact) mass is 334 g/mol. The van der Waals surface area contributed by atoms with Crippen molar-refractivity contribution in [2.75, 3.05) is 13.2 Å². The third-order valence-electron chi connectivity index (χ3n) is 4.24. The number of rotatable bonds is 4. The highest BCUT2D eigenvalue weighted by molar-refractivity contribution is 5.98. The summed E-state index contributed by atoms with van der Waals surface area (Å²) in [6.45, 7) is 0.610. The standard InChI is InChI=1S/C20H18N2O3/c1-2-13-25-16-9-7-15(8-10-16)20(24)22-12-11-14-5-3-4-6-17(14)18(22)19(21)23/h1,3-10,18H,11-13H2,(H2,21,23)/t18-/m0/s1. The summed E-state index contributed by atoms with van der Waals surface area (Å²) in [6.07, 6.45) is 5.84. The van der Waals surface area contributed by atoms with E-state index in [1.54, 1.807) is 24.3 Å². The highest BCUT2D eigenvalue weighted by atomic mass is 16.5. The number of nitrogens with two attached hydrogens (primary N) is 1. The Morgan fingerprint density at radius 1 is 1.20 bits per heavy atom. The zero-order valence-corrected chi connectivity index (χ0v) is 13.6. The van der Waals surface area contributed by atoms with Crippen LogP contribution in [0.5, 0.6) is 5.75 Å². The molecule has 1 heterocycles. The molecule has 3 rings (SSSR count). The fourth-order valence-electron chi connectivity index (χ4n) is 3.08. The summed E-state index contributed by atoms with van der Waals surface area (Å²) >= 11 is 0. The summed E-state index contributed by atoms with van der Waals surface area (Å²) < 4.78 is 5.31. The van der Waals surface area contributed by atoms with Gasteiger partial charge < -0.3 is 15.4 Å². The van der Waals surface area contributed by atoms with Crippen LogP contribution in [0.2, 0.25) is 0 Å². The minimum absolute atomic E-state index is 0.167. The molecule has 25 heavy (non-hydrogen) atoms. The maximum Gasteiger partial charge on any atom is 0.254 e. The maximum atomic E-state index is 12.9. The molecule has 5 heteroatoms. The number of fused-ring (bicyclic) bond motifs is 1. The molecule has 126 valence electrons. The van der Waals surface area contributed by atoms with Gasteiger partial charge in [-0.1, -0.05) is 30.2 Å². The lowest BCUT2D eigenvalue weighted by molar-refractivity contribution is -0.123. The second-order valence-corrected chi connectivity index (χ2v) is 5.77. The molecule has 1 aliphatic rings. The molecular formula is C20H18N2O3. The fourth-order valence-corrected chi connectivity index (χ4v) is 3.08. The van der Waals surface area contributed by atoms with Crippen molar-refractivity contribution in [1.82, 2.24) is 4.90 Å². The summed E-state index contributed by atoms with van der Waals surface area (Å²) in [5.41, 5.74) is 7.91. The number of nitrogens with zero attached hydrogens (tertiary/aromatic N) is 1. The second-order valence-electron chi connectivity index (χ2n) is 5.77. The SMILES string of the molecule is C#CCOc1ccc(C(=O)N2CCc3ccccc3[C@H]2C(N)=O)cc1. The molecule has 0 aliphatic carbocycles. The first-order valence-electron chi connectivity index (χ1n) is 7.96. The Balaban J connectivity index is 1.86. The van der Waals surface area contributed by atoms with E-state index in [1.807, 2.05) is 24.3 Å². The van der Waals surface area contributed by atoms with Crippen LogP contribution in [-0.4, -0.2) is 29.9 Å². The number of benzene rings is 2. The molecule has 2 aromatic rings. The van der Waals surface area contributed by atoms with Gasteiger partial charge in [0.15, 0.2) is 0 Å². The highest BCUT2D eigenvalue weighted by Crippen LogP contribution is 2.30. The zero-order valence-electron chi connectivity index (χ0n) is 13.6. The van der Waals surface area contributed by atoms with Crippen molar-refractivity contribution in [3.63, 3.8) is 0 Å². The number of amides is 2. The van der Waals surface area contributed by atoms with Crippen LogP contribution in [0.25, 0.3) is 0 Å². The van der Waals surface area contributed by atoms with E-state index in [4.69, 9.17) is 16.9 Å². The van der Waals surface area contributed by atoms with Gasteiger partial charge in [0.25, 0.3) is 5.91 Å². The van der Waals surface area contributed by atoms with E-state index in [0.29, 0.717) is 24.3 Å². The molecule has 0 spiro atoms. The van der Waals surface area contributed by atoms with Gasteiger partial charge in [-0.3, -0.25) is 9.59 Å². The first-order chi connectivity index (χ1) is 12.1. The predicted molar refractivity (Wildman–Crippen MR) is 93.9 cm³/mol. The largest absolute Gasteiger partial charge is 0.481 e. The summed E-state index contributed by atoms with van der Waals surface area (Å²) in [5, 5.41) is 0. The quantitative estimate of drug-likeness (QED) is 0.868. The van der Waals surface area contributed by atoms with Crippen LogP contribution >= 0.6 is 0 Å². The minimum atomic E-state index is -0.755. The number of hydrogen-bond acceptors (Lipinski definition) is 3. The molecule has 0 saturated carbocycles. The average molecular weight is 334 g/mol. The third-order valence-corrected chi connectivity index (χ3v) is 4.24. The van der Waals surface area contributed by atoms with Crippen LogP contribution in [-0.2, 0) is 11.2 Å². The van der Waals surface area contributed by atoms with Gasteiger partial charge in [0.05, 0.1) is 0 Å². The molecule has 0 unspecified atom stereocenters. The summed E-state index contributed by atoms with van der Waals surface area (Å²) in [4.78, 5) is 26.4. The van der Waals surface area contributed by atoms with Crippen LogP contribution in [0.3, 0.4) is 0 Å². The Bertz CT molecular complexity index is 837. The van der Waals surface area contributed by atoms with Gasteiger partial charge in [0.2, 0.25) is 5.91 Å². The summed E-state index contributed by atoms with van der Waals surface area (Å²) in [5.74, 6) is 2.20. The van der Waals surface area contributed by atoms with E-state index in [0.717, 1.165) is 11.1 Å². The minimum Gasteiger partial charge on any atom is -0.481 e. The van der Waals surface area contributed by atoms with Crippen LogP contribution in [0, 0.1) is 12.3 Å². The first kappa shape index (κ1) is 16.6. The van der Waals surface area contributed by atoms with Crippen molar-refractivity contribution < 1.29 is 14.3 Å². The molecule has 2 amide bonds. The average Bonchev–Trinajstić information content (AvgIpc) is 2.65. The van der Waals surface area contributed by atoms with Crippen LogP contribution in [0.15, 0.2) is 48.5 Å². The number of carbonyl (C=O) groups excluding carboxylic acids is 2. The van der Waals surface area contributed by atoms with E-state index < -0.39 is 11.9 Å². The van der Waals surface area contributed by atoms with Gasteiger partial charge in [0, 0.05) is 12.1 Å². The molecule has 2 aromatic carbocycles. The number of carbonyl (C=O) groups is 2. The van der Waals surface area contributed by atoms with E-state index in [9.17, 15) is 9.59 Å². The van der Waals surface area contributed by atoms with E-state index in [1.165, 1.54) is 4.90 Å². The molecule has 0 fully saturated rings. The molecule has 5 nitrogen and oxygen atoms in total. The molecule has 2 N–H and O–H groups in total. The van der Waals surface area contributed by atoms with Crippen LogP contribution in [0.4, 0.5) is 0 Å². The number of primary amides is 1. The van der Waals surface area contributed by atoms with Gasteiger partial charge in [-0.15, -0.1) is 6.42 Å². The Morgan fingerprint density at radius 2 is 1.92 bits per heavy atom. The lowest BCUT2D eigenvalue weighted by Crippen LogP contribution is -2.45. The fraction of sp³-hybridized carbons (Fsp3) is 0.200. The molecular weight excluding hydrogens is 316 g/mol. The number of terminal acetylenes is 1. The van der Waals surface area contributed by atoms with Crippen LogP contribution in [0.1, 0.15) is 27.5 Å². The normalized spacial score (nSPS) is 15.8. The van der Waals surface area contributed by atoms with Gasteiger partial charge in [-0.25, -0.2) is 0 Å².